The van der Waals surface area contributed by atoms with Crippen LogP contribution in [0.2, 0.25) is 5.02 Å². The number of benzene rings is 2. The number of ether oxygens (including phenoxy) is 1. The summed E-state index contributed by atoms with van der Waals surface area (Å²) >= 11 is 6.31. The zero-order valence-corrected chi connectivity index (χ0v) is 19.0. The predicted molar refractivity (Wildman–Crippen MR) is 130 cm³/mol. The van der Waals surface area contributed by atoms with E-state index in [9.17, 15) is 9.59 Å². The Morgan fingerprint density at radius 2 is 1.91 bits per heavy atom. The van der Waals surface area contributed by atoms with Crippen molar-refractivity contribution in [3.05, 3.63) is 86.0 Å². The lowest BCUT2D eigenvalue weighted by Gasteiger charge is -2.17. The number of anilines is 2. The van der Waals surface area contributed by atoms with Gasteiger partial charge < -0.3 is 14.2 Å². The fraction of sp³-hybridized carbons (Fsp3) is 0.208. The Labute approximate surface area is 194 Å². The molecule has 0 amide bonds. The van der Waals surface area contributed by atoms with Crippen molar-refractivity contribution in [2.45, 2.75) is 13.1 Å². The zero-order chi connectivity index (χ0) is 23.1. The summed E-state index contributed by atoms with van der Waals surface area (Å²) in [4.78, 5) is 32.9. The third kappa shape index (κ3) is 3.52. The Bertz CT molecular complexity index is 1500. The highest BCUT2D eigenvalue weighted by Gasteiger charge is 2.29. The molecule has 0 unspecified atom stereocenters. The van der Waals surface area contributed by atoms with E-state index in [2.05, 4.69) is 4.98 Å². The second-order valence-corrected chi connectivity index (χ2v) is 8.18. The molecule has 0 saturated heterocycles. The average molecular weight is 464 g/mol. The van der Waals surface area contributed by atoms with Gasteiger partial charge in [0.2, 0.25) is 5.95 Å². The highest BCUT2D eigenvalue weighted by Crippen LogP contribution is 2.35. The molecule has 0 fully saturated rings. The highest BCUT2D eigenvalue weighted by molar-refractivity contribution is 6.32. The van der Waals surface area contributed by atoms with E-state index in [0.29, 0.717) is 41.0 Å². The molecule has 5 rings (SSSR count). The monoisotopic (exact) mass is 463 g/mol. The molecule has 1 aliphatic heterocycles. The van der Waals surface area contributed by atoms with Gasteiger partial charge in [-0.15, -0.1) is 0 Å². The zero-order valence-electron chi connectivity index (χ0n) is 18.2. The first-order valence-corrected chi connectivity index (χ1v) is 10.9. The van der Waals surface area contributed by atoms with Gasteiger partial charge in [-0.2, -0.15) is 4.98 Å². The number of halogens is 1. The van der Waals surface area contributed by atoms with Gasteiger partial charge in [-0.05, 0) is 23.8 Å². The van der Waals surface area contributed by atoms with E-state index in [1.807, 2.05) is 58.0 Å². The van der Waals surface area contributed by atoms with Crippen molar-refractivity contribution in [1.82, 2.24) is 18.7 Å². The van der Waals surface area contributed by atoms with Gasteiger partial charge in [0.25, 0.3) is 5.56 Å². The summed E-state index contributed by atoms with van der Waals surface area (Å²) in [6, 6.07) is 15.2. The first kappa shape index (κ1) is 21.1. The topological polar surface area (TPSA) is 74.3 Å². The molecule has 3 heterocycles. The number of nitrogens with zero attached hydrogens (tertiary/aromatic N) is 5. The molecule has 1 aliphatic rings. The number of methoxy groups -OCH3 is 1. The fourth-order valence-corrected chi connectivity index (χ4v) is 4.42. The van der Waals surface area contributed by atoms with Crippen molar-refractivity contribution < 1.29 is 4.74 Å². The van der Waals surface area contributed by atoms with Crippen LogP contribution in [-0.2, 0) is 20.1 Å². The molecule has 168 valence electrons. The number of hydrogen-bond donors (Lipinski definition) is 0. The molecule has 9 heteroatoms. The second-order valence-electron chi connectivity index (χ2n) is 7.78. The van der Waals surface area contributed by atoms with Gasteiger partial charge in [0, 0.05) is 32.4 Å². The van der Waals surface area contributed by atoms with E-state index in [0.717, 1.165) is 11.3 Å². The third-order valence-electron chi connectivity index (χ3n) is 5.85. The lowest BCUT2D eigenvalue weighted by Crippen LogP contribution is -2.39. The van der Waals surface area contributed by atoms with Crippen molar-refractivity contribution >= 4 is 40.5 Å². The summed E-state index contributed by atoms with van der Waals surface area (Å²) in [6.07, 6.45) is 3.71. The fourth-order valence-electron chi connectivity index (χ4n) is 4.17. The maximum Gasteiger partial charge on any atom is 0.332 e. The Kier molecular flexibility index (Phi) is 5.30. The van der Waals surface area contributed by atoms with Crippen molar-refractivity contribution in [3.63, 3.8) is 0 Å². The minimum absolute atomic E-state index is 0.175. The van der Waals surface area contributed by atoms with Crippen molar-refractivity contribution in [2.75, 3.05) is 18.6 Å². The molecule has 0 aliphatic carbocycles. The molecule has 2 aromatic heterocycles. The Morgan fingerprint density at radius 3 is 2.64 bits per heavy atom. The van der Waals surface area contributed by atoms with E-state index in [1.54, 1.807) is 26.3 Å². The molecular weight excluding hydrogens is 442 g/mol. The average Bonchev–Trinajstić information content (AvgIpc) is 3.40. The number of aromatic nitrogens is 4. The molecule has 0 saturated carbocycles. The van der Waals surface area contributed by atoms with Gasteiger partial charge >= 0.3 is 5.69 Å². The van der Waals surface area contributed by atoms with E-state index in [1.165, 1.54) is 9.13 Å². The molecule has 0 spiro atoms. The summed E-state index contributed by atoms with van der Waals surface area (Å²) in [5, 5.41) is 0.490. The van der Waals surface area contributed by atoms with Crippen LogP contribution in [0.1, 0.15) is 5.56 Å². The summed E-state index contributed by atoms with van der Waals surface area (Å²) in [5.41, 5.74) is 1.88. The van der Waals surface area contributed by atoms with Gasteiger partial charge in [0.1, 0.15) is 5.75 Å². The lowest BCUT2D eigenvalue weighted by molar-refractivity contribution is 0.415. The number of aryl methyl sites for hydroxylation is 1. The van der Waals surface area contributed by atoms with Crippen LogP contribution in [0.4, 0.5) is 11.6 Å². The Balaban J connectivity index is 1.57. The smallest absolute Gasteiger partial charge is 0.332 e. The van der Waals surface area contributed by atoms with Gasteiger partial charge in [0.15, 0.2) is 11.2 Å². The SMILES string of the molecule is COc1ccc(N2CCn3c2nc2c3c(=O)n(C/C=C\c3ccccc3)c(=O)n2C)cc1Cl. The molecule has 0 N–H and O–H groups in total. The van der Waals surface area contributed by atoms with Crippen molar-refractivity contribution in [3.8, 4) is 5.75 Å². The minimum Gasteiger partial charge on any atom is -0.495 e. The summed E-state index contributed by atoms with van der Waals surface area (Å²) < 4.78 is 9.77. The van der Waals surface area contributed by atoms with Crippen LogP contribution < -0.4 is 20.9 Å². The Morgan fingerprint density at radius 1 is 1.12 bits per heavy atom. The molecule has 0 radical (unpaired) electrons. The number of allylic oxidation sites excluding steroid dienone is 1. The number of rotatable bonds is 5. The molecule has 0 bridgehead atoms. The lowest BCUT2D eigenvalue weighted by atomic mass is 10.2. The van der Waals surface area contributed by atoms with Crippen LogP contribution in [0.15, 0.2) is 64.2 Å². The minimum atomic E-state index is -0.402. The van der Waals surface area contributed by atoms with E-state index in [-0.39, 0.29) is 12.1 Å². The van der Waals surface area contributed by atoms with Crippen LogP contribution in [0, 0.1) is 0 Å². The van der Waals surface area contributed by atoms with Gasteiger partial charge in [-0.25, -0.2) is 4.79 Å². The number of imidazole rings is 1. The first-order chi connectivity index (χ1) is 16.0. The predicted octanol–water partition coefficient (Wildman–Crippen LogP) is 3.42. The highest BCUT2D eigenvalue weighted by atomic mass is 35.5. The van der Waals surface area contributed by atoms with Crippen LogP contribution >= 0.6 is 11.6 Å². The molecule has 0 atom stereocenters. The third-order valence-corrected chi connectivity index (χ3v) is 6.14. The number of fused-ring (bicyclic) bond motifs is 3. The standard InChI is InChI=1S/C24H22ClN5O3/c1-27-21-20(22(31)30(24(27)32)12-6-9-16-7-4-3-5-8-16)29-14-13-28(23(29)26-21)17-10-11-19(33-2)18(25)15-17/h3-11,15H,12-14H2,1-2H3/b9-6-. The normalized spacial score (nSPS) is 13.2. The molecular formula is C24H22ClN5O3. The van der Waals surface area contributed by atoms with Gasteiger partial charge in [0.05, 0.1) is 12.1 Å². The first-order valence-electron chi connectivity index (χ1n) is 10.5. The summed E-state index contributed by atoms with van der Waals surface area (Å²) in [6.45, 7) is 1.38. The van der Waals surface area contributed by atoms with E-state index in [4.69, 9.17) is 16.3 Å². The van der Waals surface area contributed by atoms with Crippen LogP contribution in [0.25, 0.3) is 17.2 Å². The van der Waals surface area contributed by atoms with Crippen LogP contribution in [0.5, 0.6) is 5.75 Å². The molecule has 33 heavy (non-hydrogen) atoms. The van der Waals surface area contributed by atoms with Crippen molar-refractivity contribution in [1.29, 1.82) is 0 Å². The second kappa shape index (κ2) is 8.29. The van der Waals surface area contributed by atoms with Crippen molar-refractivity contribution in [2.24, 2.45) is 7.05 Å². The largest absolute Gasteiger partial charge is 0.495 e. The maximum absolute atomic E-state index is 13.3. The van der Waals surface area contributed by atoms with E-state index >= 15 is 0 Å². The molecule has 4 aromatic rings. The van der Waals surface area contributed by atoms with E-state index < -0.39 is 5.69 Å². The van der Waals surface area contributed by atoms with Gasteiger partial charge in [-0.1, -0.05) is 54.1 Å². The number of hydrogen-bond acceptors (Lipinski definition) is 5. The maximum atomic E-state index is 13.3. The quantitative estimate of drug-likeness (QED) is 0.453. The van der Waals surface area contributed by atoms with Gasteiger partial charge in [-0.3, -0.25) is 13.9 Å². The summed E-state index contributed by atoms with van der Waals surface area (Å²) in [7, 11) is 3.20. The summed E-state index contributed by atoms with van der Waals surface area (Å²) in [5.74, 6) is 1.19. The molecule has 2 aromatic carbocycles. The molecule has 8 nitrogen and oxygen atoms in total. The van der Waals surface area contributed by atoms with Crippen LogP contribution in [-0.4, -0.2) is 32.3 Å². The van der Waals surface area contributed by atoms with Crippen LogP contribution in [0.3, 0.4) is 0 Å². The Hall–Kier alpha value is -3.78.